The third kappa shape index (κ3) is 3.41. The lowest BCUT2D eigenvalue weighted by Crippen LogP contribution is -2.23. The average molecular weight is 376 g/mol. The van der Waals surface area contributed by atoms with Crippen molar-refractivity contribution in [1.29, 1.82) is 0 Å². The number of fused-ring (bicyclic) bond motifs is 3. The van der Waals surface area contributed by atoms with Crippen LogP contribution in [0, 0.1) is 6.92 Å². The van der Waals surface area contributed by atoms with Crippen molar-refractivity contribution in [1.82, 2.24) is 30.0 Å². The van der Waals surface area contributed by atoms with Crippen LogP contribution in [0.15, 0.2) is 42.6 Å². The van der Waals surface area contributed by atoms with Crippen molar-refractivity contribution in [2.75, 3.05) is 13.7 Å². The van der Waals surface area contributed by atoms with Gasteiger partial charge in [0.05, 0.1) is 29.9 Å². The van der Waals surface area contributed by atoms with Crippen LogP contribution >= 0.6 is 0 Å². The van der Waals surface area contributed by atoms with Crippen molar-refractivity contribution >= 4 is 28.0 Å². The Bertz CT molecular complexity index is 1140. The molecular weight excluding hydrogens is 356 g/mol. The number of nitrogens with zero attached hydrogens (tertiary/aromatic N) is 5. The standard InChI is InChI=1S/C20H20N6O2/c1-13-23-19-18(26(13)9-10-28-2)16-11-14(6-7-17(16)24-25-19)20(27)22-12-15-5-3-4-8-21-15/h3-8,11H,9-10,12H2,1-2H3,(H,22,27). The molecule has 4 rings (SSSR count). The third-order valence-electron chi connectivity index (χ3n) is 4.58. The van der Waals surface area contributed by atoms with E-state index in [0.717, 1.165) is 22.4 Å². The van der Waals surface area contributed by atoms with Gasteiger partial charge in [0.2, 0.25) is 5.65 Å². The van der Waals surface area contributed by atoms with Gasteiger partial charge in [-0.05, 0) is 37.3 Å². The minimum Gasteiger partial charge on any atom is -0.383 e. The number of imidazole rings is 1. The monoisotopic (exact) mass is 376 g/mol. The molecule has 0 aliphatic rings. The predicted molar refractivity (Wildman–Crippen MR) is 105 cm³/mol. The number of hydrogen-bond acceptors (Lipinski definition) is 6. The number of benzene rings is 1. The maximum absolute atomic E-state index is 12.6. The molecule has 1 amide bonds. The van der Waals surface area contributed by atoms with Crippen molar-refractivity contribution in [3.8, 4) is 0 Å². The van der Waals surface area contributed by atoms with Crippen molar-refractivity contribution in [2.24, 2.45) is 0 Å². The molecule has 0 radical (unpaired) electrons. The van der Waals surface area contributed by atoms with Crippen LogP contribution in [0.5, 0.6) is 0 Å². The highest BCUT2D eigenvalue weighted by Crippen LogP contribution is 2.24. The van der Waals surface area contributed by atoms with Gasteiger partial charge in [-0.1, -0.05) is 6.07 Å². The fourth-order valence-corrected chi connectivity index (χ4v) is 3.17. The molecule has 1 N–H and O–H groups in total. The van der Waals surface area contributed by atoms with Gasteiger partial charge in [0.25, 0.3) is 5.91 Å². The van der Waals surface area contributed by atoms with Crippen LogP contribution in [0.3, 0.4) is 0 Å². The molecule has 8 heteroatoms. The van der Waals surface area contributed by atoms with Gasteiger partial charge >= 0.3 is 0 Å². The molecule has 0 unspecified atom stereocenters. The van der Waals surface area contributed by atoms with Crippen molar-refractivity contribution in [3.05, 3.63) is 59.7 Å². The molecular formula is C20H20N6O2. The summed E-state index contributed by atoms with van der Waals surface area (Å²) in [6.07, 6.45) is 1.70. The smallest absolute Gasteiger partial charge is 0.251 e. The highest BCUT2D eigenvalue weighted by Gasteiger charge is 2.15. The van der Waals surface area contributed by atoms with Gasteiger partial charge in [-0.15, -0.1) is 10.2 Å². The minimum absolute atomic E-state index is 0.169. The van der Waals surface area contributed by atoms with Gasteiger partial charge in [0.15, 0.2) is 0 Å². The first kappa shape index (κ1) is 18.0. The molecule has 0 aliphatic carbocycles. The van der Waals surface area contributed by atoms with Crippen LogP contribution in [-0.4, -0.2) is 44.4 Å². The van der Waals surface area contributed by atoms with Gasteiger partial charge in [-0.2, -0.15) is 0 Å². The molecule has 0 atom stereocenters. The average Bonchev–Trinajstić information content (AvgIpc) is 3.06. The summed E-state index contributed by atoms with van der Waals surface area (Å²) in [7, 11) is 1.66. The Kier molecular flexibility index (Phi) is 4.94. The Morgan fingerprint density at radius 1 is 1.21 bits per heavy atom. The molecule has 0 fully saturated rings. The Morgan fingerprint density at radius 3 is 2.89 bits per heavy atom. The summed E-state index contributed by atoms with van der Waals surface area (Å²) in [5, 5.41) is 12.2. The molecule has 4 aromatic rings. The van der Waals surface area contributed by atoms with E-state index in [2.05, 4.69) is 25.5 Å². The number of carbonyl (C=O) groups is 1. The molecule has 28 heavy (non-hydrogen) atoms. The lowest BCUT2D eigenvalue weighted by Gasteiger charge is -2.09. The summed E-state index contributed by atoms with van der Waals surface area (Å²) in [6.45, 7) is 3.50. The van der Waals surface area contributed by atoms with E-state index >= 15 is 0 Å². The number of carbonyl (C=O) groups excluding carboxylic acids is 1. The van der Waals surface area contributed by atoms with E-state index in [0.29, 0.717) is 36.4 Å². The number of aryl methyl sites for hydroxylation is 1. The topological polar surface area (TPSA) is 94.8 Å². The number of aromatic nitrogens is 5. The van der Waals surface area contributed by atoms with Crippen LogP contribution in [-0.2, 0) is 17.8 Å². The summed E-state index contributed by atoms with van der Waals surface area (Å²) in [5.41, 5.74) is 3.49. The first-order valence-electron chi connectivity index (χ1n) is 8.97. The number of ether oxygens (including phenoxy) is 1. The van der Waals surface area contributed by atoms with Crippen LogP contribution in [0.4, 0.5) is 0 Å². The quantitative estimate of drug-likeness (QED) is 0.555. The zero-order valence-electron chi connectivity index (χ0n) is 15.7. The first-order chi connectivity index (χ1) is 13.7. The summed E-state index contributed by atoms with van der Waals surface area (Å²) in [6, 6.07) is 11.0. The van der Waals surface area contributed by atoms with Crippen LogP contribution in [0.1, 0.15) is 21.9 Å². The Balaban J connectivity index is 1.70. The van der Waals surface area contributed by atoms with Crippen LogP contribution in [0.25, 0.3) is 22.1 Å². The van der Waals surface area contributed by atoms with Gasteiger partial charge in [-0.25, -0.2) is 4.98 Å². The maximum atomic E-state index is 12.6. The highest BCUT2D eigenvalue weighted by atomic mass is 16.5. The second kappa shape index (κ2) is 7.69. The lowest BCUT2D eigenvalue weighted by molar-refractivity contribution is 0.0950. The van der Waals surface area contributed by atoms with Crippen molar-refractivity contribution < 1.29 is 9.53 Å². The SMILES string of the molecule is COCCn1c(C)nc2nnc3ccc(C(=O)NCc4ccccn4)cc3c21. The van der Waals surface area contributed by atoms with Gasteiger partial charge < -0.3 is 14.6 Å². The van der Waals surface area contributed by atoms with E-state index < -0.39 is 0 Å². The van der Waals surface area contributed by atoms with E-state index in [9.17, 15) is 4.79 Å². The molecule has 0 bridgehead atoms. The third-order valence-corrected chi connectivity index (χ3v) is 4.58. The highest BCUT2D eigenvalue weighted by molar-refractivity contribution is 6.05. The predicted octanol–water partition coefficient (Wildman–Crippen LogP) is 2.26. The van der Waals surface area contributed by atoms with E-state index in [1.807, 2.05) is 35.8 Å². The van der Waals surface area contributed by atoms with Gasteiger partial charge in [0, 0.05) is 30.8 Å². The zero-order chi connectivity index (χ0) is 19.5. The molecule has 3 heterocycles. The van der Waals surface area contributed by atoms with Gasteiger partial charge in [0.1, 0.15) is 5.82 Å². The fraction of sp³-hybridized carbons (Fsp3) is 0.250. The van der Waals surface area contributed by atoms with Gasteiger partial charge in [-0.3, -0.25) is 9.78 Å². The summed E-state index contributed by atoms with van der Waals surface area (Å²) in [5.74, 6) is 0.663. The largest absolute Gasteiger partial charge is 0.383 e. The minimum atomic E-state index is -0.169. The number of hydrogen-bond donors (Lipinski definition) is 1. The first-order valence-corrected chi connectivity index (χ1v) is 8.97. The lowest BCUT2D eigenvalue weighted by atomic mass is 10.1. The van der Waals surface area contributed by atoms with Crippen molar-refractivity contribution in [3.63, 3.8) is 0 Å². The fourth-order valence-electron chi connectivity index (χ4n) is 3.17. The Morgan fingerprint density at radius 2 is 2.11 bits per heavy atom. The Hall–Kier alpha value is -3.39. The molecule has 0 saturated heterocycles. The van der Waals surface area contributed by atoms with E-state index in [4.69, 9.17) is 4.74 Å². The molecule has 142 valence electrons. The molecule has 0 spiro atoms. The van der Waals surface area contributed by atoms with Crippen LogP contribution in [0.2, 0.25) is 0 Å². The number of pyridine rings is 1. The van der Waals surface area contributed by atoms with E-state index in [-0.39, 0.29) is 5.91 Å². The van der Waals surface area contributed by atoms with E-state index in [1.165, 1.54) is 0 Å². The number of nitrogens with one attached hydrogen (secondary N) is 1. The normalized spacial score (nSPS) is 11.2. The number of methoxy groups -OCH3 is 1. The molecule has 0 saturated carbocycles. The molecule has 0 aliphatic heterocycles. The summed E-state index contributed by atoms with van der Waals surface area (Å²) in [4.78, 5) is 21.4. The van der Waals surface area contributed by atoms with Crippen molar-refractivity contribution in [2.45, 2.75) is 20.0 Å². The Labute approximate surface area is 161 Å². The molecule has 3 aromatic heterocycles. The second-order valence-corrected chi connectivity index (χ2v) is 6.41. The molecule has 1 aromatic carbocycles. The van der Waals surface area contributed by atoms with E-state index in [1.54, 1.807) is 25.4 Å². The number of rotatable bonds is 6. The maximum Gasteiger partial charge on any atom is 0.251 e. The van der Waals surface area contributed by atoms with Crippen LogP contribution < -0.4 is 5.32 Å². The zero-order valence-corrected chi connectivity index (χ0v) is 15.7. The summed E-state index contributed by atoms with van der Waals surface area (Å²) >= 11 is 0. The number of amides is 1. The summed E-state index contributed by atoms with van der Waals surface area (Å²) < 4.78 is 7.26. The second-order valence-electron chi connectivity index (χ2n) is 6.41. The molecule has 8 nitrogen and oxygen atoms in total.